The average Bonchev–Trinajstić information content (AvgIpc) is 2.62. The summed E-state index contributed by atoms with van der Waals surface area (Å²) in [5, 5.41) is 2.86. The van der Waals surface area contributed by atoms with Gasteiger partial charge in [0.1, 0.15) is 0 Å². The molecule has 0 unspecified atom stereocenters. The van der Waals surface area contributed by atoms with E-state index in [1.807, 2.05) is 31.2 Å². The standard InChI is InChI=1S/C19H24N2O3S/c1-16-10-12-17(13-11-16)15-20-19(22)9-6-14-21(2)25(23,24)18-7-4-3-5-8-18/h3-5,7-8,10-13H,6,9,14-15H2,1-2H3,(H,20,22). The van der Waals surface area contributed by atoms with Crippen LogP contribution in [0.25, 0.3) is 0 Å². The molecule has 1 N–H and O–H groups in total. The normalized spacial score (nSPS) is 11.5. The van der Waals surface area contributed by atoms with Crippen LogP contribution in [-0.4, -0.2) is 32.2 Å². The molecule has 0 aliphatic carbocycles. The van der Waals surface area contributed by atoms with Crippen LogP contribution in [-0.2, 0) is 21.4 Å². The zero-order chi connectivity index (χ0) is 18.3. The molecule has 0 aliphatic heterocycles. The number of benzene rings is 2. The van der Waals surface area contributed by atoms with Crippen LogP contribution < -0.4 is 5.32 Å². The molecule has 2 rings (SSSR count). The smallest absolute Gasteiger partial charge is 0.242 e. The van der Waals surface area contributed by atoms with Crippen molar-refractivity contribution in [1.29, 1.82) is 0 Å². The Kier molecular flexibility index (Phi) is 6.73. The highest BCUT2D eigenvalue weighted by Gasteiger charge is 2.19. The van der Waals surface area contributed by atoms with Crippen LogP contribution in [0.1, 0.15) is 24.0 Å². The number of nitrogens with zero attached hydrogens (tertiary/aromatic N) is 1. The molecule has 25 heavy (non-hydrogen) atoms. The molecule has 0 fully saturated rings. The van der Waals surface area contributed by atoms with Gasteiger partial charge in [0.2, 0.25) is 15.9 Å². The van der Waals surface area contributed by atoms with E-state index in [2.05, 4.69) is 5.32 Å². The Labute approximate surface area is 149 Å². The topological polar surface area (TPSA) is 66.5 Å². The third kappa shape index (κ3) is 5.69. The maximum absolute atomic E-state index is 12.4. The van der Waals surface area contributed by atoms with Gasteiger partial charge >= 0.3 is 0 Å². The van der Waals surface area contributed by atoms with E-state index in [1.54, 1.807) is 30.3 Å². The van der Waals surface area contributed by atoms with Crippen LogP contribution in [0.15, 0.2) is 59.5 Å². The molecule has 5 nitrogen and oxygen atoms in total. The van der Waals surface area contributed by atoms with Gasteiger partial charge in [-0.1, -0.05) is 48.0 Å². The van der Waals surface area contributed by atoms with Gasteiger partial charge in [0.15, 0.2) is 0 Å². The van der Waals surface area contributed by atoms with Crippen molar-refractivity contribution in [3.8, 4) is 0 Å². The Hall–Kier alpha value is -2.18. The second kappa shape index (κ2) is 8.78. The van der Waals surface area contributed by atoms with Gasteiger partial charge in [0.25, 0.3) is 0 Å². The lowest BCUT2D eigenvalue weighted by Gasteiger charge is -2.17. The molecular formula is C19H24N2O3S. The summed E-state index contributed by atoms with van der Waals surface area (Å²) >= 11 is 0. The van der Waals surface area contributed by atoms with Crippen LogP contribution in [0.3, 0.4) is 0 Å². The number of hydrogen-bond acceptors (Lipinski definition) is 3. The van der Waals surface area contributed by atoms with Crippen molar-refractivity contribution in [2.24, 2.45) is 0 Å². The fourth-order valence-corrected chi connectivity index (χ4v) is 3.58. The summed E-state index contributed by atoms with van der Waals surface area (Å²) in [4.78, 5) is 12.2. The van der Waals surface area contributed by atoms with Crippen molar-refractivity contribution in [2.45, 2.75) is 31.2 Å². The number of sulfonamides is 1. The maximum Gasteiger partial charge on any atom is 0.242 e. The van der Waals surface area contributed by atoms with E-state index < -0.39 is 10.0 Å². The monoisotopic (exact) mass is 360 g/mol. The predicted octanol–water partition coefficient (Wildman–Crippen LogP) is 2.71. The predicted molar refractivity (Wildman–Crippen MR) is 98.5 cm³/mol. The van der Waals surface area contributed by atoms with E-state index in [9.17, 15) is 13.2 Å². The molecule has 1 amide bonds. The molecule has 0 aliphatic rings. The van der Waals surface area contributed by atoms with Crippen molar-refractivity contribution in [2.75, 3.05) is 13.6 Å². The molecule has 0 radical (unpaired) electrons. The average molecular weight is 360 g/mol. The molecule has 2 aromatic carbocycles. The fourth-order valence-electron chi connectivity index (χ4n) is 2.35. The summed E-state index contributed by atoms with van der Waals surface area (Å²) < 4.78 is 26.0. The lowest BCUT2D eigenvalue weighted by Crippen LogP contribution is -2.29. The van der Waals surface area contributed by atoms with Crippen LogP contribution >= 0.6 is 0 Å². The highest BCUT2D eigenvalue weighted by molar-refractivity contribution is 7.89. The number of aryl methyl sites for hydroxylation is 1. The van der Waals surface area contributed by atoms with Crippen molar-refractivity contribution in [1.82, 2.24) is 9.62 Å². The van der Waals surface area contributed by atoms with Gasteiger partial charge in [-0.2, -0.15) is 0 Å². The van der Waals surface area contributed by atoms with Crippen LogP contribution in [0.4, 0.5) is 0 Å². The lowest BCUT2D eigenvalue weighted by molar-refractivity contribution is -0.121. The van der Waals surface area contributed by atoms with Gasteiger partial charge in [-0.25, -0.2) is 12.7 Å². The molecule has 0 heterocycles. The second-order valence-electron chi connectivity index (χ2n) is 6.01. The Bertz CT molecular complexity index is 787. The van der Waals surface area contributed by atoms with Crippen molar-refractivity contribution in [3.05, 3.63) is 65.7 Å². The van der Waals surface area contributed by atoms with Crippen molar-refractivity contribution < 1.29 is 13.2 Å². The molecule has 0 atom stereocenters. The van der Waals surface area contributed by atoms with E-state index in [0.717, 1.165) is 5.56 Å². The van der Waals surface area contributed by atoms with Gasteiger partial charge in [-0.3, -0.25) is 4.79 Å². The summed E-state index contributed by atoms with van der Waals surface area (Å²) in [7, 11) is -1.96. The molecule has 0 saturated carbocycles. The quantitative estimate of drug-likeness (QED) is 0.787. The zero-order valence-corrected chi connectivity index (χ0v) is 15.4. The summed E-state index contributed by atoms with van der Waals surface area (Å²) in [5.74, 6) is -0.0777. The number of hydrogen-bond donors (Lipinski definition) is 1. The summed E-state index contributed by atoms with van der Waals surface area (Å²) in [6.07, 6.45) is 0.767. The Balaban J connectivity index is 1.76. The van der Waals surface area contributed by atoms with Crippen molar-refractivity contribution in [3.63, 3.8) is 0 Å². The Morgan fingerprint density at radius 3 is 2.32 bits per heavy atom. The van der Waals surface area contributed by atoms with Crippen LogP contribution in [0.5, 0.6) is 0 Å². The van der Waals surface area contributed by atoms with Crippen molar-refractivity contribution >= 4 is 15.9 Å². The Morgan fingerprint density at radius 1 is 1.04 bits per heavy atom. The minimum absolute atomic E-state index is 0.0777. The molecule has 0 spiro atoms. The first-order chi connectivity index (χ1) is 11.9. The summed E-state index contributed by atoms with van der Waals surface area (Å²) in [6.45, 7) is 2.80. The van der Waals surface area contributed by atoms with Crippen LogP contribution in [0.2, 0.25) is 0 Å². The molecule has 6 heteroatoms. The minimum atomic E-state index is -3.49. The molecule has 0 saturated heterocycles. The largest absolute Gasteiger partial charge is 0.352 e. The van der Waals surface area contributed by atoms with E-state index in [4.69, 9.17) is 0 Å². The highest BCUT2D eigenvalue weighted by atomic mass is 32.2. The summed E-state index contributed by atoms with van der Waals surface area (Å²) in [5.41, 5.74) is 2.22. The molecule has 2 aromatic rings. The van der Waals surface area contributed by atoms with E-state index >= 15 is 0 Å². The number of nitrogens with one attached hydrogen (secondary N) is 1. The van der Waals surface area contributed by atoms with Gasteiger partial charge in [-0.05, 0) is 31.0 Å². The van der Waals surface area contributed by atoms with Gasteiger partial charge < -0.3 is 5.32 Å². The molecule has 0 aromatic heterocycles. The van der Waals surface area contributed by atoms with E-state index in [0.29, 0.717) is 25.9 Å². The number of carbonyl (C=O) groups is 1. The fraction of sp³-hybridized carbons (Fsp3) is 0.316. The van der Waals surface area contributed by atoms with Gasteiger partial charge in [0, 0.05) is 26.6 Å². The maximum atomic E-state index is 12.4. The minimum Gasteiger partial charge on any atom is -0.352 e. The lowest BCUT2D eigenvalue weighted by atomic mass is 10.1. The van der Waals surface area contributed by atoms with Crippen LogP contribution in [0, 0.1) is 6.92 Å². The first-order valence-corrected chi connectivity index (χ1v) is 9.67. The summed E-state index contributed by atoms with van der Waals surface area (Å²) in [6, 6.07) is 16.3. The second-order valence-corrected chi connectivity index (χ2v) is 8.05. The van der Waals surface area contributed by atoms with Gasteiger partial charge in [0.05, 0.1) is 4.90 Å². The SMILES string of the molecule is Cc1ccc(CNC(=O)CCCN(C)S(=O)(=O)c2ccccc2)cc1. The molecular weight excluding hydrogens is 336 g/mol. The first-order valence-electron chi connectivity index (χ1n) is 8.23. The first kappa shape index (κ1) is 19.1. The van der Waals surface area contributed by atoms with E-state index in [1.165, 1.54) is 16.9 Å². The third-order valence-electron chi connectivity index (χ3n) is 3.94. The zero-order valence-electron chi connectivity index (χ0n) is 14.6. The Morgan fingerprint density at radius 2 is 1.68 bits per heavy atom. The number of rotatable bonds is 8. The molecule has 134 valence electrons. The van der Waals surface area contributed by atoms with Gasteiger partial charge in [-0.15, -0.1) is 0 Å². The van der Waals surface area contributed by atoms with E-state index in [-0.39, 0.29) is 10.8 Å². The number of carbonyl (C=O) groups excluding carboxylic acids is 1. The molecule has 0 bridgehead atoms. The number of amides is 1. The third-order valence-corrected chi connectivity index (χ3v) is 5.81. The highest BCUT2D eigenvalue weighted by Crippen LogP contribution is 2.14.